The summed E-state index contributed by atoms with van der Waals surface area (Å²) in [5.41, 5.74) is 0.600. The second-order valence-electron chi connectivity index (χ2n) is 10.0. The summed E-state index contributed by atoms with van der Waals surface area (Å²) in [7, 11) is 3.75. The second-order valence-corrected chi connectivity index (χ2v) is 10.0. The zero-order valence-corrected chi connectivity index (χ0v) is 17.6. The quantitative estimate of drug-likeness (QED) is 0.701. The lowest BCUT2D eigenvalue weighted by Crippen LogP contribution is -2.71. The van der Waals surface area contributed by atoms with Crippen LogP contribution in [0, 0.1) is 28.1 Å². The highest BCUT2D eigenvalue weighted by atomic mass is 16.2. The van der Waals surface area contributed by atoms with Crippen molar-refractivity contribution in [3.8, 4) is 0 Å². The zero-order chi connectivity index (χ0) is 19.2. The summed E-state index contributed by atoms with van der Waals surface area (Å²) >= 11 is 0. The van der Waals surface area contributed by atoms with E-state index in [4.69, 9.17) is 0 Å². The maximum absolute atomic E-state index is 12.8. The van der Waals surface area contributed by atoms with Crippen molar-refractivity contribution < 1.29 is 9.59 Å². The summed E-state index contributed by atoms with van der Waals surface area (Å²) in [6, 6.07) is 0. The highest BCUT2D eigenvalue weighted by molar-refractivity contribution is 5.86. The van der Waals surface area contributed by atoms with Crippen molar-refractivity contribution in [2.24, 2.45) is 28.1 Å². The summed E-state index contributed by atoms with van der Waals surface area (Å²) in [6.07, 6.45) is 4.16. The minimum Gasteiger partial charge on any atom is -0.344 e. The first-order valence-corrected chi connectivity index (χ1v) is 9.90. The van der Waals surface area contributed by atoms with Crippen LogP contribution in [-0.2, 0) is 9.59 Å². The second kappa shape index (κ2) is 6.59. The van der Waals surface area contributed by atoms with E-state index in [0.29, 0.717) is 29.8 Å². The molecule has 0 saturated heterocycles. The Kier molecular flexibility index (Phi) is 5.34. The molecule has 3 aliphatic carbocycles. The van der Waals surface area contributed by atoms with Gasteiger partial charge in [0.2, 0.25) is 11.8 Å². The number of carbonyl (C=O) groups excluding carboxylic acids is 2. The first-order chi connectivity index (χ1) is 11.4. The van der Waals surface area contributed by atoms with Gasteiger partial charge in [-0.15, -0.1) is 0 Å². The van der Waals surface area contributed by atoms with Crippen LogP contribution in [0.3, 0.4) is 0 Å². The fourth-order valence-corrected chi connectivity index (χ4v) is 4.67. The average Bonchev–Trinajstić information content (AvgIpc) is 2.45. The number of carbonyl (C=O) groups is 2. The molecule has 3 saturated carbocycles. The molecule has 0 aromatic rings. The van der Waals surface area contributed by atoms with Crippen LogP contribution in [0.2, 0.25) is 0 Å². The molecule has 0 aromatic heterocycles. The summed E-state index contributed by atoms with van der Waals surface area (Å²) in [5.74, 6) is 0.908. The lowest BCUT2D eigenvalue weighted by atomic mass is 9.29. The van der Waals surface area contributed by atoms with E-state index in [0.717, 1.165) is 25.7 Å². The molecule has 25 heavy (non-hydrogen) atoms. The molecule has 2 unspecified atom stereocenters. The maximum Gasteiger partial charge on any atom is 0.228 e. The third kappa shape index (κ3) is 3.33. The van der Waals surface area contributed by atoms with Crippen LogP contribution in [-0.4, -0.2) is 48.8 Å². The Hall–Kier alpha value is -1.06. The number of hydrogen-bond donors (Lipinski definition) is 0. The molecule has 144 valence electrons. The highest BCUT2D eigenvalue weighted by Gasteiger charge is 2.74. The van der Waals surface area contributed by atoms with Crippen molar-refractivity contribution in [1.29, 1.82) is 0 Å². The van der Waals surface area contributed by atoms with Crippen molar-refractivity contribution in [2.75, 3.05) is 27.2 Å². The van der Waals surface area contributed by atoms with Gasteiger partial charge >= 0.3 is 0 Å². The van der Waals surface area contributed by atoms with Gasteiger partial charge in [-0.25, -0.2) is 0 Å². The van der Waals surface area contributed by atoms with E-state index >= 15 is 0 Å². The SMILES string of the molecule is CCC(C)C(C)C(=O)N(C)CCN(C)C(=O)C12CC(C(C)(C)C)(C1)C2. The van der Waals surface area contributed by atoms with E-state index in [2.05, 4.69) is 34.6 Å². The monoisotopic (exact) mass is 350 g/mol. The number of hydrogen-bond acceptors (Lipinski definition) is 2. The van der Waals surface area contributed by atoms with Crippen LogP contribution in [0.25, 0.3) is 0 Å². The van der Waals surface area contributed by atoms with E-state index in [-0.39, 0.29) is 23.1 Å². The summed E-state index contributed by atoms with van der Waals surface area (Å²) in [5, 5.41) is 0. The van der Waals surface area contributed by atoms with Crippen LogP contribution in [0.1, 0.15) is 67.2 Å². The lowest BCUT2D eigenvalue weighted by Gasteiger charge is -2.75. The van der Waals surface area contributed by atoms with Crippen LogP contribution in [0.4, 0.5) is 0 Å². The van der Waals surface area contributed by atoms with Gasteiger partial charge in [-0.3, -0.25) is 9.59 Å². The number of rotatable bonds is 7. The van der Waals surface area contributed by atoms with Gasteiger partial charge in [-0.2, -0.15) is 0 Å². The molecule has 3 fully saturated rings. The smallest absolute Gasteiger partial charge is 0.228 e. The van der Waals surface area contributed by atoms with Crippen LogP contribution in [0.15, 0.2) is 0 Å². The fourth-order valence-electron chi connectivity index (χ4n) is 4.67. The predicted molar refractivity (Wildman–Crippen MR) is 102 cm³/mol. The molecule has 3 rings (SSSR count). The minimum absolute atomic E-state index is 0.0419. The number of amides is 2. The van der Waals surface area contributed by atoms with Crippen LogP contribution < -0.4 is 0 Å². The van der Waals surface area contributed by atoms with Gasteiger partial charge in [0.15, 0.2) is 0 Å². The van der Waals surface area contributed by atoms with E-state index in [9.17, 15) is 9.59 Å². The van der Waals surface area contributed by atoms with Gasteiger partial charge in [-0.1, -0.05) is 48.0 Å². The number of nitrogens with zero attached hydrogens (tertiary/aromatic N) is 2. The van der Waals surface area contributed by atoms with Gasteiger partial charge in [0.1, 0.15) is 0 Å². The molecule has 0 aromatic carbocycles. The zero-order valence-electron chi connectivity index (χ0n) is 17.6. The molecule has 0 radical (unpaired) electrons. The Morgan fingerprint density at radius 1 is 1.00 bits per heavy atom. The van der Waals surface area contributed by atoms with E-state index in [1.165, 1.54) is 0 Å². The fraction of sp³-hybridized carbons (Fsp3) is 0.905. The van der Waals surface area contributed by atoms with Crippen LogP contribution in [0.5, 0.6) is 0 Å². The third-order valence-corrected chi connectivity index (χ3v) is 7.46. The van der Waals surface area contributed by atoms with Gasteiger partial charge in [0.25, 0.3) is 0 Å². The molecule has 4 nitrogen and oxygen atoms in total. The van der Waals surface area contributed by atoms with Crippen molar-refractivity contribution in [3.05, 3.63) is 0 Å². The Morgan fingerprint density at radius 3 is 1.92 bits per heavy atom. The number of likely N-dealkylation sites (N-methyl/N-ethyl adjacent to an activating group) is 2. The third-order valence-electron chi connectivity index (χ3n) is 7.46. The average molecular weight is 351 g/mol. The molecule has 0 heterocycles. The van der Waals surface area contributed by atoms with Crippen molar-refractivity contribution in [1.82, 2.24) is 9.80 Å². The molecular formula is C21H38N2O2. The molecule has 4 heteroatoms. The Balaban J connectivity index is 1.81. The molecule has 2 amide bonds. The summed E-state index contributed by atoms with van der Waals surface area (Å²) < 4.78 is 0. The molecule has 0 spiro atoms. The molecular weight excluding hydrogens is 312 g/mol. The standard InChI is InChI=1S/C21H38N2O2/c1-9-15(2)16(3)17(24)22(7)10-11-23(8)18(25)20-12-21(13-20,14-20)19(4,5)6/h15-16H,9-14H2,1-8H3. The highest BCUT2D eigenvalue weighted by Crippen LogP contribution is 2.79. The van der Waals surface area contributed by atoms with Crippen LogP contribution >= 0.6 is 0 Å². The van der Waals surface area contributed by atoms with Gasteiger partial charge in [0.05, 0.1) is 5.41 Å². The molecule has 0 aliphatic heterocycles. The largest absolute Gasteiger partial charge is 0.344 e. The molecule has 0 N–H and O–H groups in total. The molecule has 2 bridgehead atoms. The predicted octanol–water partition coefficient (Wildman–Crippen LogP) is 3.80. The van der Waals surface area contributed by atoms with E-state index in [1.54, 1.807) is 4.90 Å². The molecule has 3 aliphatic rings. The Morgan fingerprint density at radius 2 is 1.48 bits per heavy atom. The normalized spacial score (nSPS) is 29.9. The van der Waals surface area contributed by atoms with Gasteiger partial charge < -0.3 is 9.80 Å². The Bertz CT molecular complexity index is 515. The molecule has 2 atom stereocenters. The first-order valence-electron chi connectivity index (χ1n) is 9.90. The minimum atomic E-state index is -0.0887. The van der Waals surface area contributed by atoms with E-state index < -0.39 is 0 Å². The maximum atomic E-state index is 12.8. The lowest BCUT2D eigenvalue weighted by molar-refractivity contribution is -0.254. The van der Waals surface area contributed by atoms with Gasteiger partial charge in [-0.05, 0) is 36.0 Å². The van der Waals surface area contributed by atoms with E-state index in [1.807, 2.05) is 25.9 Å². The van der Waals surface area contributed by atoms with Crippen molar-refractivity contribution >= 4 is 11.8 Å². The first kappa shape index (κ1) is 20.3. The van der Waals surface area contributed by atoms with Gasteiger partial charge in [0, 0.05) is 33.1 Å². The van der Waals surface area contributed by atoms with Crippen molar-refractivity contribution in [3.63, 3.8) is 0 Å². The summed E-state index contributed by atoms with van der Waals surface area (Å²) in [4.78, 5) is 29.0. The topological polar surface area (TPSA) is 40.6 Å². The van der Waals surface area contributed by atoms with Crippen molar-refractivity contribution in [2.45, 2.75) is 67.2 Å². The summed E-state index contributed by atoms with van der Waals surface area (Å²) in [6.45, 7) is 14.4. The Labute approximate surface area is 154 Å².